The van der Waals surface area contributed by atoms with E-state index in [1.807, 2.05) is 4.90 Å². The molecule has 2 saturated heterocycles. The number of hydrogen-bond acceptors (Lipinski definition) is 2. The number of carbonyl (C=O) groups is 1. The molecular weight excluding hydrogens is 264 g/mol. The molecule has 2 bridgehead atoms. The number of aliphatic hydroxyl groups is 1. The van der Waals surface area contributed by atoms with Crippen LogP contribution in [0.5, 0.6) is 0 Å². The average molecular weight is 296 g/mol. The molecule has 0 saturated carbocycles. The first-order valence-corrected chi connectivity index (χ1v) is 8.50. The van der Waals surface area contributed by atoms with Crippen molar-refractivity contribution in [3.8, 4) is 0 Å². The van der Waals surface area contributed by atoms with Crippen LogP contribution >= 0.6 is 0 Å². The molecule has 0 radical (unpaired) electrons. The van der Waals surface area contributed by atoms with Crippen molar-refractivity contribution >= 4 is 6.03 Å². The molecule has 0 unspecified atom stereocenters. The van der Waals surface area contributed by atoms with Gasteiger partial charge in [-0.3, -0.25) is 0 Å². The molecule has 4 nitrogen and oxygen atoms in total. The third-order valence-electron chi connectivity index (χ3n) is 4.82. The Bertz CT molecular complexity index is 350. The van der Waals surface area contributed by atoms with Crippen LogP contribution in [0.15, 0.2) is 0 Å². The molecule has 0 aromatic rings. The minimum absolute atomic E-state index is 0.0809. The molecule has 122 valence electrons. The fourth-order valence-electron chi connectivity index (χ4n) is 4.14. The minimum atomic E-state index is -0.210. The lowest BCUT2D eigenvalue weighted by molar-refractivity contribution is 0.0542. The second-order valence-electron chi connectivity index (χ2n) is 8.31. The molecule has 0 spiro atoms. The van der Waals surface area contributed by atoms with Crippen LogP contribution in [-0.2, 0) is 0 Å². The van der Waals surface area contributed by atoms with Gasteiger partial charge in [0.1, 0.15) is 0 Å². The van der Waals surface area contributed by atoms with Gasteiger partial charge < -0.3 is 15.3 Å². The van der Waals surface area contributed by atoms with Crippen LogP contribution in [0.1, 0.15) is 66.2 Å². The number of carbonyl (C=O) groups excluding carboxylic acids is 1. The Kier molecular flexibility index (Phi) is 5.18. The van der Waals surface area contributed by atoms with Crippen molar-refractivity contribution in [3.63, 3.8) is 0 Å². The molecule has 2 fully saturated rings. The van der Waals surface area contributed by atoms with Gasteiger partial charge in [-0.2, -0.15) is 0 Å². The average Bonchev–Trinajstić information content (AvgIpc) is 2.59. The highest BCUT2D eigenvalue weighted by molar-refractivity contribution is 5.75. The summed E-state index contributed by atoms with van der Waals surface area (Å²) in [5.41, 5.74) is 0.353. The maximum Gasteiger partial charge on any atom is 0.317 e. The van der Waals surface area contributed by atoms with E-state index in [-0.39, 0.29) is 24.2 Å². The summed E-state index contributed by atoms with van der Waals surface area (Å²) < 4.78 is 0. The van der Waals surface area contributed by atoms with E-state index in [2.05, 4.69) is 33.0 Å². The van der Waals surface area contributed by atoms with Crippen LogP contribution in [0.2, 0.25) is 0 Å². The number of nitrogens with zero attached hydrogens (tertiary/aromatic N) is 1. The first-order chi connectivity index (χ1) is 9.76. The van der Waals surface area contributed by atoms with Gasteiger partial charge >= 0.3 is 6.03 Å². The summed E-state index contributed by atoms with van der Waals surface area (Å²) in [4.78, 5) is 14.4. The highest BCUT2D eigenvalue weighted by Crippen LogP contribution is 2.35. The predicted octanol–water partition coefficient (Wildman–Crippen LogP) is 3.15. The Hall–Kier alpha value is -0.770. The topological polar surface area (TPSA) is 52.6 Å². The number of nitrogens with one attached hydrogen (secondary N) is 1. The van der Waals surface area contributed by atoms with Crippen molar-refractivity contribution in [3.05, 3.63) is 0 Å². The molecule has 2 aliphatic heterocycles. The minimum Gasteiger partial charge on any atom is -0.393 e. The van der Waals surface area contributed by atoms with E-state index in [1.54, 1.807) is 0 Å². The van der Waals surface area contributed by atoms with Gasteiger partial charge in [-0.1, -0.05) is 27.7 Å². The van der Waals surface area contributed by atoms with E-state index in [9.17, 15) is 9.90 Å². The number of urea groups is 1. The molecule has 2 N–H and O–H groups in total. The zero-order valence-electron chi connectivity index (χ0n) is 14.1. The van der Waals surface area contributed by atoms with E-state index >= 15 is 0 Å². The van der Waals surface area contributed by atoms with E-state index in [1.165, 1.54) is 6.42 Å². The van der Waals surface area contributed by atoms with E-state index in [4.69, 9.17) is 0 Å². The highest BCUT2D eigenvalue weighted by Gasteiger charge is 2.42. The number of fused-ring (bicyclic) bond motifs is 2. The van der Waals surface area contributed by atoms with Crippen LogP contribution in [0.25, 0.3) is 0 Å². The standard InChI is InChI=1S/C17H32N2O2/c1-12(11-17(2,3)4)7-8-18-16(21)19-13-5-6-14(19)10-15(20)9-13/h12-15,20H,5-11H2,1-4H3,(H,18,21)/t12-,13-,14-/m0/s1. The molecule has 4 heteroatoms. The molecule has 0 aromatic heterocycles. The van der Waals surface area contributed by atoms with Gasteiger partial charge in [0.2, 0.25) is 0 Å². The van der Waals surface area contributed by atoms with Crippen molar-refractivity contribution < 1.29 is 9.90 Å². The van der Waals surface area contributed by atoms with Gasteiger partial charge in [-0.05, 0) is 49.9 Å². The summed E-state index contributed by atoms with van der Waals surface area (Å²) in [6, 6.07) is 0.592. The Morgan fingerprint density at radius 2 is 1.86 bits per heavy atom. The normalized spacial score (nSPS) is 30.3. The van der Waals surface area contributed by atoms with E-state index < -0.39 is 0 Å². The highest BCUT2D eigenvalue weighted by atomic mass is 16.3. The molecule has 2 rings (SSSR count). The number of amides is 2. The number of aliphatic hydroxyl groups excluding tert-OH is 1. The van der Waals surface area contributed by atoms with Crippen molar-refractivity contribution in [1.82, 2.24) is 10.2 Å². The Morgan fingerprint density at radius 3 is 2.38 bits per heavy atom. The van der Waals surface area contributed by atoms with Crippen LogP contribution in [0, 0.1) is 11.3 Å². The zero-order chi connectivity index (χ0) is 15.6. The third-order valence-corrected chi connectivity index (χ3v) is 4.82. The molecular formula is C17H32N2O2. The van der Waals surface area contributed by atoms with Gasteiger partial charge in [-0.15, -0.1) is 0 Å². The molecule has 0 aliphatic carbocycles. The maximum atomic E-state index is 12.4. The molecule has 2 heterocycles. The lowest BCUT2D eigenvalue weighted by atomic mass is 9.84. The summed E-state index contributed by atoms with van der Waals surface area (Å²) >= 11 is 0. The van der Waals surface area contributed by atoms with Gasteiger partial charge in [-0.25, -0.2) is 4.79 Å². The third kappa shape index (κ3) is 4.60. The number of piperidine rings is 1. The molecule has 2 amide bonds. The quantitative estimate of drug-likeness (QED) is 0.837. The summed E-state index contributed by atoms with van der Waals surface area (Å²) in [6.07, 6.45) is 5.62. The monoisotopic (exact) mass is 296 g/mol. The number of rotatable bonds is 4. The smallest absolute Gasteiger partial charge is 0.317 e. The zero-order valence-corrected chi connectivity index (χ0v) is 14.1. The van der Waals surface area contributed by atoms with Crippen molar-refractivity contribution in [1.29, 1.82) is 0 Å². The Labute approximate surface area is 129 Å². The maximum absolute atomic E-state index is 12.4. The predicted molar refractivity (Wildman–Crippen MR) is 85.1 cm³/mol. The van der Waals surface area contributed by atoms with Crippen LogP contribution in [-0.4, -0.2) is 40.8 Å². The second-order valence-corrected chi connectivity index (χ2v) is 8.31. The largest absolute Gasteiger partial charge is 0.393 e. The van der Waals surface area contributed by atoms with Crippen LogP contribution in [0.3, 0.4) is 0 Å². The number of hydrogen-bond donors (Lipinski definition) is 2. The van der Waals surface area contributed by atoms with Gasteiger partial charge in [0.25, 0.3) is 0 Å². The Balaban J connectivity index is 1.73. The fourth-order valence-corrected chi connectivity index (χ4v) is 4.14. The lowest BCUT2D eigenvalue weighted by Crippen LogP contribution is -2.52. The van der Waals surface area contributed by atoms with Crippen molar-refractivity contribution in [2.45, 2.75) is 84.4 Å². The Morgan fingerprint density at radius 1 is 1.29 bits per heavy atom. The summed E-state index contributed by atoms with van der Waals surface area (Å²) in [5.74, 6) is 0.630. The summed E-state index contributed by atoms with van der Waals surface area (Å²) in [7, 11) is 0. The summed E-state index contributed by atoms with van der Waals surface area (Å²) in [5, 5.41) is 12.9. The SMILES string of the molecule is C[C@@H](CCNC(=O)N1[C@H]2CC[C@H]1CC(O)C2)CC(C)(C)C. The molecule has 2 aliphatic rings. The molecule has 3 atom stereocenters. The van der Waals surface area contributed by atoms with Gasteiger partial charge in [0, 0.05) is 18.6 Å². The van der Waals surface area contributed by atoms with Gasteiger partial charge in [0.05, 0.1) is 6.10 Å². The van der Waals surface area contributed by atoms with Crippen LogP contribution in [0.4, 0.5) is 4.79 Å². The van der Waals surface area contributed by atoms with Crippen molar-refractivity contribution in [2.75, 3.05) is 6.54 Å². The van der Waals surface area contributed by atoms with Crippen molar-refractivity contribution in [2.24, 2.45) is 11.3 Å². The first kappa shape index (κ1) is 16.6. The molecule has 0 aromatic carbocycles. The summed E-state index contributed by atoms with van der Waals surface area (Å²) in [6.45, 7) is 9.81. The molecule has 21 heavy (non-hydrogen) atoms. The van der Waals surface area contributed by atoms with E-state index in [0.717, 1.165) is 38.6 Å². The second kappa shape index (κ2) is 6.55. The lowest BCUT2D eigenvalue weighted by Gasteiger charge is -2.37. The van der Waals surface area contributed by atoms with E-state index in [0.29, 0.717) is 11.3 Å². The van der Waals surface area contributed by atoms with Crippen LogP contribution < -0.4 is 5.32 Å². The van der Waals surface area contributed by atoms with Gasteiger partial charge in [0.15, 0.2) is 0 Å². The fraction of sp³-hybridized carbons (Fsp3) is 0.941. The first-order valence-electron chi connectivity index (χ1n) is 8.50.